The first-order valence-corrected chi connectivity index (χ1v) is 12.5. The first-order valence-electron chi connectivity index (χ1n) is 12.5. The Kier molecular flexibility index (Phi) is 4.04. The molecule has 1 amide bonds. The molecule has 4 aliphatic carbocycles. The SMILES string of the molecule is O=C(N[C@@H]1C[C@H]2CC[C@H]1C2)c1ccc2c(c1)[C@@H]1[C@H]3CC[C@@H](C3)[C@H]1[C@@H](c1ccccc1)N2. The van der Waals surface area contributed by atoms with Crippen LogP contribution >= 0.6 is 0 Å². The highest BCUT2D eigenvalue weighted by atomic mass is 16.1. The highest BCUT2D eigenvalue weighted by molar-refractivity contribution is 5.95. The number of hydrogen-bond acceptors (Lipinski definition) is 2. The largest absolute Gasteiger partial charge is 0.378 e. The van der Waals surface area contributed by atoms with Crippen LogP contribution in [0.3, 0.4) is 0 Å². The van der Waals surface area contributed by atoms with E-state index in [-0.39, 0.29) is 5.91 Å². The molecule has 4 fully saturated rings. The van der Waals surface area contributed by atoms with Gasteiger partial charge in [0.15, 0.2) is 0 Å². The van der Waals surface area contributed by atoms with Crippen LogP contribution in [0.2, 0.25) is 0 Å². The summed E-state index contributed by atoms with van der Waals surface area (Å²) in [5.74, 6) is 4.55. The number of carbonyl (C=O) groups is 1. The molecule has 31 heavy (non-hydrogen) atoms. The fourth-order valence-electron chi connectivity index (χ4n) is 8.29. The van der Waals surface area contributed by atoms with E-state index >= 15 is 0 Å². The lowest BCUT2D eigenvalue weighted by atomic mass is 9.68. The molecule has 8 atom stereocenters. The molecule has 0 radical (unpaired) electrons. The molecule has 4 bridgehead atoms. The Bertz CT molecular complexity index is 1020. The molecule has 1 heterocycles. The maximum Gasteiger partial charge on any atom is 0.251 e. The first kappa shape index (κ1) is 18.3. The zero-order valence-electron chi connectivity index (χ0n) is 18.1. The number of benzene rings is 2. The van der Waals surface area contributed by atoms with Crippen molar-refractivity contribution < 1.29 is 4.79 Å². The fourth-order valence-corrected chi connectivity index (χ4v) is 8.29. The zero-order valence-corrected chi connectivity index (χ0v) is 18.1. The molecule has 2 N–H and O–H groups in total. The summed E-state index contributed by atoms with van der Waals surface area (Å²) in [6.07, 6.45) is 9.28. The predicted molar refractivity (Wildman–Crippen MR) is 123 cm³/mol. The lowest BCUT2D eigenvalue weighted by Gasteiger charge is -2.43. The highest BCUT2D eigenvalue weighted by Crippen LogP contribution is 2.63. The maximum atomic E-state index is 13.2. The van der Waals surface area contributed by atoms with Crippen molar-refractivity contribution in [2.24, 2.45) is 29.6 Å². The van der Waals surface area contributed by atoms with Crippen molar-refractivity contribution in [2.75, 3.05) is 5.32 Å². The third kappa shape index (κ3) is 2.81. The Morgan fingerprint density at radius 3 is 2.52 bits per heavy atom. The molecule has 2 aromatic rings. The van der Waals surface area contributed by atoms with Crippen molar-refractivity contribution in [2.45, 2.75) is 62.9 Å². The van der Waals surface area contributed by atoms with E-state index < -0.39 is 0 Å². The molecule has 0 unspecified atom stereocenters. The van der Waals surface area contributed by atoms with E-state index in [0.29, 0.717) is 23.9 Å². The number of amides is 1. The van der Waals surface area contributed by atoms with Gasteiger partial charge in [0.1, 0.15) is 0 Å². The van der Waals surface area contributed by atoms with Crippen LogP contribution in [-0.4, -0.2) is 11.9 Å². The number of nitrogens with one attached hydrogen (secondary N) is 2. The van der Waals surface area contributed by atoms with Gasteiger partial charge < -0.3 is 10.6 Å². The molecule has 3 nitrogen and oxygen atoms in total. The number of carbonyl (C=O) groups excluding carboxylic acids is 1. The molecule has 3 heteroatoms. The van der Waals surface area contributed by atoms with Crippen LogP contribution < -0.4 is 10.6 Å². The van der Waals surface area contributed by atoms with Crippen LogP contribution in [0.15, 0.2) is 48.5 Å². The topological polar surface area (TPSA) is 41.1 Å². The molecule has 160 valence electrons. The number of hydrogen-bond donors (Lipinski definition) is 2. The van der Waals surface area contributed by atoms with E-state index in [4.69, 9.17) is 0 Å². The van der Waals surface area contributed by atoms with Gasteiger partial charge in [0.2, 0.25) is 0 Å². The minimum Gasteiger partial charge on any atom is -0.378 e. The van der Waals surface area contributed by atoms with Gasteiger partial charge in [-0.2, -0.15) is 0 Å². The lowest BCUT2D eigenvalue weighted by Crippen LogP contribution is -2.39. The van der Waals surface area contributed by atoms with Gasteiger partial charge in [-0.3, -0.25) is 4.79 Å². The molecule has 4 saturated carbocycles. The summed E-state index contributed by atoms with van der Waals surface area (Å²) in [6, 6.07) is 18.3. The van der Waals surface area contributed by atoms with Gasteiger partial charge >= 0.3 is 0 Å². The van der Waals surface area contributed by atoms with E-state index in [0.717, 1.165) is 29.2 Å². The second-order valence-electron chi connectivity index (χ2n) is 11.0. The Hall–Kier alpha value is -2.29. The van der Waals surface area contributed by atoms with Crippen LogP contribution in [-0.2, 0) is 0 Å². The van der Waals surface area contributed by atoms with E-state index in [1.165, 1.54) is 61.8 Å². The molecular weight excluding hydrogens is 380 g/mol. The Morgan fingerprint density at radius 2 is 1.71 bits per heavy atom. The summed E-state index contributed by atoms with van der Waals surface area (Å²) in [4.78, 5) is 13.2. The molecule has 0 aromatic heterocycles. The average molecular weight is 413 g/mol. The fraction of sp³-hybridized carbons (Fsp3) is 0.536. The smallest absolute Gasteiger partial charge is 0.251 e. The number of anilines is 1. The normalized spacial score (nSPS) is 39.1. The summed E-state index contributed by atoms with van der Waals surface area (Å²) >= 11 is 0. The number of fused-ring (bicyclic) bond motifs is 9. The average Bonchev–Trinajstić information content (AvgIpc) is 3.60. The maximum absolute atomic E-state index is 13.2. The van der Waals surface area contributed by atoms with Crippen molar-refractivity contribution in [1.29, 1.82) is 0 Å². The number of rotatable bonds is 3. The Balaban J connectivity index is 1.21. The van der Waals surface area contributed by atoms with Gasteiger partial charge in [-0.25, -0.2) is 0 Å². The van der Waals surface area contributed by atoms with Gasteiger partial charge in [0.05, 0.1) is 6.04 Å². The predicted octanol–water partition coefficient (Wildman–Crippen LogP) is 5.90. The van der Waals surface area contributed by atoms with Crippen molar-refractivity contribution in [3.8, 4) is 0 Å². The second-order valence-corrected chi connectivity index (χ2v) is 11.0. The van der Waals surface area contributed by atoms with Crippen LogP contribution in [0.25, 0.3) is 0 Å². The quantitative estimate of drug-likeness (QED) is 0.659. The summed E-state index contributed by atoms with van der Waals surface area (Å²) in [7, 11) is 0. The lowest BCUT2D eigenvalue weighted by molar-refractivity contribution is 0.0922. The summed E-state index contributed by atoms with van der Waals surface area (Å²) < 4.78 is 0. The summed E-state index contributed by atoms with van der Waals surface area (Å²) in [6.45, 7) is 0. The van der Waals surface area contributed by atoms with Gasteiger partial charge in [0.25, 0.3) is 5.91 Å². The van der Waals surface area contributed by atoms with Crippen molar-refractivity contribution in [3.05, 3.63) is 65.2 Å². The van der Waals surface area contributed by atoms with E-state index in [9.17, 15) is 4.79 Å². The van der Waals surface area contributed by atoms with Crippen molar-refractivity contribution >= 4 is 11.6 Å². The minimum atomic E-state index is 0.144. The minimum absolute atomic E-state index is 0.144. The molecule has 1 aliphatic heterocycles. The second kappa shape index (κ2) is 6.85. The summed E-state index contributed by atoms with van der Waals surface area (Å²) in [5, 5.41) is 7.30. The van der Waals surface area contributed by atoms with E-state index in [1.54, 1.807) is 0 Å². The van der Waals surface area contributed by atoms with Crippen molar-refractivity contribution in [3.63, 3.8) is 0 Å². The first-order chi connectivity index (χ1) is 15.2. The van der Waals surface area contributed by atoms with Crippen LogP contribution in [0.1, 0.15) is 78.4 Å². The van der Waals surface area contributed by atoms with Gasteiger partial charge in [-0.05, 0) is 103 Å². The van der Waals surface area contributed by atoms with E-state index in [2.05, 4.69) is 53.1 Å². The van der Waals surface area contributed by atoms with E-state index in [1.807, 2.05) is 6.07 Å². The monoisotopic (exact) mass is 412 g/mol. The molecule has 7 rings (SSSR count). The zero-order chi connectivity index (χ0) is 20.5. The van der Waals surface area contributed by atoms with Crippen LogP contribution in [0.5, 0.6) is 0 Å². The van der Waals surface area contributed by atoms with Gasteiger partial charge in [0, 0.05) is 17.3 Å². The Morgan fingerprint density at radius 1 is 0.871 bits per heavy atom. The van der Waals surface area contributed by atoms with Crippen LogP contribution in [0.4, 0.5) is 5.69 Å². The molecule has 0 spiro atoms. The van der Waals surface area contributed by atoms with Crippen LogP contribution in [0, 0.1) is 29.6 Å². The van der Waals surface area contributed by atoms with Gasteiger partial charge in [-0.1, -0.05) is 36.8 Å². The summed E-state index contributed by atoms with van der Waals surface area (Å²) in [5.41, 5.74) is 4.93. The highest BCUT2D eigenvalue weighted by Gasteiger charge is 2.53. The molecule has 5 aliphatic rings. The third-order valence-corrected chi connectivity index (χ3v) is 9.56. The molecular formula is C28H32N2O. The standard InChI is InChI=1S/C28H32N2O/c31-28(30-24-13-16-6-7-18(24)12-16)21-10-11-23-22(15-21)25-19-8-9-20(14-19)26(25)27(29-23)17-4-2-1-3-5-17/h1-5,10-11,15-16,18-20,24-27,29H,6-9,12-14H2,(H,30,31)/t16-,18-,19-,20-,24+,25-,26+,27+/m0/s1. The Labute approximate surface area is 185 Å². The molecule has 0 saturated heterocycles. The van der Waals surface area contributed by atoms with Gasteiger partial charge in [-0.15, -0.1) is 0 Å². The molecule has 2 aromatic carbocycles. The van der Waals surface area contributed by atoms with Crippen molar-refractivity contribution in [1.82, 2.24) is 5.32 Å². The third-order valence-electron chi connectivity index (χ3n) is 9.56.